The van der Waals surface area contributed by atoms with E-state index in [1.54, 1.807) is 0 Å². The SMILES string of the molecule is CCCN1CCN(c2ccc3c(c2)[C@]2(C)C3CCN2C(=O)OCc2ccccc2)CC1. The van der Waals surface area contributed by atoms with Gasteiger partial charge in [-0.2, -0.15) is 0 Å². The second-order valence-corrected chi connectivity index (χ2v) is 9.28. The summed E-state index contributed by atoms with van der Waals surface area (Å²) in [5.41, 5.74) is 4.78. The molecule has 2 fully saturated rings. The smallest absolute Gasteiger partial charge is 0.410 e. The van der Waals surface area contributed by atoms with Gasteiger partial charge in [-0.25, -0.2) is 4.79 Å². The fourth-order valence-corrected chi connectivity index (χ4v) is 5.78. The first-order valence-electron chi connectivity index (χ1n) is 11.7. The van der Waals surface area contributed by atoms with Crippen LogP contribution in [0.3, 0.4) is 0 Å². The zero-order valence-corrected chi connectivity index (χ0v) is 18.7. The maximum Gasteiger partial charge on any atom is 0.410 e. The van der Waals surface area contributed by atoms with Crippen LogP contribution in [0.25, 0.3) is 0 Å². The van der Waals surface area contributed by atoms with Crippen LogP contribution >= 0.6 is 0 Å². The van der Waals surface area contributed by atoms with E-state index in [0.29, 0.717) is 12.5 Å². The number of nitrogens with zero attached hydrogens (tertiary/aromatic N) is 3. The van der Waals surface area contributed by atoms with E-state index >= 15 is 0 Å². The van der Waals surface area contributed by atoms with Crippen LogP contribution in [0.1, 0.15) is 49.3 Å². The monoisotopic (exact) mass is 419 g/mol. The molecule has 1 unspecified atom stereocenters. The number of likely N-dealkylation sites (tertiary alicyclic amines) is 1. The molecule has 164 valence electrons. The number of amides is 1. The summed E-state index contributed by atoms with van der Waals surface area (Å²) in [5, 5.41) is 0. The summed E-state index contributed by atoms with van der Waals surface area (Å²) in [6.07, 6.45) is 2.03. The maximum atomic E-state index is 13.0. The van der Waals surface area contributed by atoms with E-state index in [4.69, 9.17) is 4.74 Å². The summed E-state index contributed by atoms with van der Waals surface area (Å²) in [6.45, 7) is 11.1. The van der Waals surface area contributed by atoms with E-state index in [1.807, 2.05) is 35.2 Å². The molecule has 31 heavy (non-hydrogen) atoms. The van der Waals surface area contributed by atoms with Crippen molar-refractivity contribution in [3.05, 3.63) is 65.2 Å². The lowest BCUT2D eigenvalue weighted by Crippen LogP contribution is -2.51. The Bertz CT molecular complexity index is 939. The molecule has 0 spiro atoms. The lowest BCUT2D eigenvalue weighted by Gasteiger charge is -2.49. The van der Waals surface area contributed by atoms with Gasteiger partial charge in [-0.05, 0) is 55.1 Å². The molecule has 5 heteroatoms. The van der Waals surface area contributed by atoms with Crippen molar-refractivity contribution in [1.29, 1.82) is 0 Å². The normalized spacial score (nSPS) is 25.0. The minimum Gasteiger partial charge on any atom is -0.445 e. The largest absolute Gasteiger partial charge is 0.445 e. The van der Waals surface area contributed by atoms with Crippen molar-refractivity contribution in [2.24, 2.45) is 0 Å². The predicted octanol–water partition coefficient (Wildman–Crippen LogP) is 4.57. The molecule has 2 heterocycles. The quantitative estimate of drug-likeness (QED) is 0.711. The summed E-state index contributed by atoms with van der Waals surface area (Å²) in [4.78, 5) is 20.0. The van der Waals surface area contributed by atoms with Gasteiger partial charge in [-0.15, -0.1) is 0 Å². The fourth-order valence-electron chi connectivity index (χ4n) is 5.78. The molecule has 2 atom stereocenters. The molecule has 0 aromatic heterocycles. The third kappa shape index (κ3) is 3.49. The first-order chi connectivity index (χ1) is 15.1. The van der Waals surface area contributed by atoms with Crippen LogP contribution in [0.4, 0.5) is 10.5 Å². The number of carbonyl (C=O) groups is 1. The standard InChI is InChI=1S/C26H33N3O2/c1-3-12-27-14-16-28(17-15-27)21-9-10-22-23-11-13-29(26(23,2)24(22)18-21)25(30)31-19-20-7-5-4-6-8-20/h4-10,18,23H,3,11-17,19H2,1-2H3/t23?,26-/m0/s1. The minimum absolute atomic E-state index is 0.196. The highest BCUT2D eigenvalue weighted by molar-refractivity contribution is 5.73. The van der Waals surface area contributed by atoms with Crippen LogP contribution in [0, 0.1) is 0 Å². The van der Waals surface area contributed by atoms with Gasteiger partial charge in [0.2, 0.25) is 0 Å². The van der Waals surface area contributed by atoms with E-state index in [1.165, 1.54) is 29.8 Å². The summed E-state index contributed by atoms with van der Waals surface area (Å²) in [7, 11) is 0. The molecule has 5 nitrogen and oxygen atoms in total. The predicted molar refractivity (Wildman–Crippen MR) is 123 cm³/mol. The van der Waals surface area contributed by atoms with Gasteiger partial charge in [-0.3, -0.25) is 9.80 Å². The van der Waals surface area contributed by atoms with Gasteiger partial charge in [0.05, 0.1) is 5.54 Å². The number of fused-ring (bicyclic) bond motifs is 4. The van der Waals surface area contributed by atoms with E-state index in [9.17, 15) is 4.79 Å². The Morgan fingerprint density at radius 1 is 1.06 bits per heavy atom. The van der Waals surface area contributed by atoms with E-state index < -0.39 is 0 Å². The Morgan fingerprint density at radius 3 is 2.58 bits per heavy atom. The van der Waals surface area contributed by atoms with Gasteiger partial charge < -0.3 is 9.64 Å². The molecule has 0 saturated carbocycles. The summed E-state index contributed by atoms with van der Waals surface area (Å²) >= 11 is 0. The number of carbonyl (C=O) groups excluding carboxylic acids is 1. The van der Waals surface area contributed by atoms with Crippen molar-refractivity contribution >= 4 is 11.8 Å². The Morgan fingerprint density at radius 2 is 1.84 bits per heavy atom. The van der Waals surface area contributed by atoms with Gasteiger partial charge in [0.25, 0.3) is 0 Å². The zero-order chi connectivity index (χ0) is 21.4. The van der Waals surface area contributed by atoms with Gasteiger partial charge >= 0.3 is 6.09 Å². The van der Waals surface area contributed by atoms with Gasteiger partial charge in [-0.1, -0.05) is 43.3 Å². The van der Waals surface area contributed by atoms with Gasteiger partial charge in [0.15, 0.2) is 0 Å². The third-order valence-electron chi connectivity index (χ3n) is 7.54. The molecule has 2 aromatic carbocycles. The van der Waals surface area contributed by atoms with E-state index in [0.717, 1.165) is 44.7 Å². The average Bonchev–Trinajstić information content (AvgIpc) is 3.11. The van der Waals surface area contributed by atoms with E-state index in [-0.39, 0.29) is 11.6 Å². The van der Waals surface area contributed by atoms with Crippen LogP contribution in [-0.4, -0.2) is 55.2 Å². The second kappa shape index (κ2) is 8.19. The molecule has 0 bridgehead atoms. The average molecular weight is 420 g/mol. The number of anilines is 1. The molecule has 1 amide bonds. The second-order valence-electron chi connectivity index (χ2n) is 9.28. The summed E-state index contributed by atoms with van der Waals surface area (Å²) < 4.78 is 5.70. The molecule has 1 aliphatic carbocycles. The Hall–Kier alpha value is -2.53. The molecule has 3 aliphatic rings. The van der Waals surface area contributed by atoms with Crippen molar-refractivity contribution < 1.29 is 9.53 Å². The minimum atomic E-state index is -0.247. The lowest BCUT2D eigenvalue weighted by atomic mass is 9.63. The lowest BCUT2D eigenvalue weighted by molar-refractivity contribution is 0.0574. The molecule has 0 radical (unpaired) electrons. The highest BCUT2D eigenvalue weighted by Gasteiger charge is 2.58. The van der Waals surface area contributed by atoms with Crippen molar-refractivity contribution in [2.45, 2.75) is 44.8 Å². The van der Waals surface area contributed by atoms with Gasteiger partial charge in [0, 0.05) is 44.3 Å². The highest BCUT2D eigenvalue weighted by atomic mass is 16.6. The number of hydrogen-bond donors (Lipinski definition) is 0. The van der Waals surface area contributed by atoms with Gasteiger partial charge in [0.1, 0.15) is 6.61 Å². The van der Waals surface area contributed by atoms with Crippen LogP contribution in [0.5, 0.6) is 0 Å². The van der Waals surface area contributed by atoms with Crippen molar-refractivity contribution in [1.82, 2.24) is 9.80 Å². The molecular weight excluding hydrogens is 386 g/mol. The number of piperazine rings is 1. The van der Waals surface area contributed by atoms with Crippen molar-refractivity contribution in [3.8, 4) is 0 Å². The number of rotatable bonds is 5. The molecule has 2 saturated heterocycles. The topological polar surface area (TPSA) is 36.0 Å². The zero-order valence-electron chi connectivity index (χ0n) is 18.7. The summed E-state index contributed by atoms with van der Waals surface area (Å²) in [6, 6.07) is 16.8. The van der Waals surface area contributed by atoms with Crippen LogP contribution in [0.15, 0.2) is 48.5 Å². The molecular formula is C26H33N3O2. The van der Waals surface area contributed by atoms with Crippen LogP contribution in [0.2, 0.25) is 0 Å². The van der Waals surface area contributed by atoms with Crippen LogP contribution < -0.4 is 4.90 Å². The Kier molecular flexibility index (Phi) is 5.39. The summed E-state index contributed by atoms with van der Waals surface area (Å²) in [5.74, 6) is 0.419. The third-order valence-corrected chi connectivity index (χ3v) is 7.54. The molecule has 0 N–H and O–H groups in total. The Balaban J connectivity index is 1.29. The maximum absolute atomic E-state index is 13.0. The van der Waals surface area contributed by atoms with Crippen molar-refractivity contribution in [3.63, 3.8) is 0 Å². The fraction of sp³-hybridized carbons (Fsp3) is 0.500. The number of ether oxygens (including phenoxy) is 1. The molecule has 5 rings (SSSR count). The molecule has 2 aliphatic heterocycles. The molecule has 2 aromatic rings. The first-order valence-corrected chi connectivity index (χ1v) is 11.7. The first kappa shape index (κ1) is 20.4. The Labute approximate surface area is 185 Å². The highest BCUT2D eigenvalue weighted by Crippen LogP contribution is 2.59. The number of hydrogen-bond acceptors (Lipinski definition) is 4. The van der Waals surface area contributed by atoms with Crippen LogP contribution in [-0.2, 0) is 16.9 Å². The number of benzene rings is 2. The van der Waals surface area contributed by atoms with E-state index in [2.05, 4.69) is 41.8 Å². The van der Waals surface area contributed by atoms with Crippen molar-refractivity contribution in [2.75, 3.05) is 44.2 Å².